The van der Waals surface area contributed by atoms with Gasteiger partial charge in [0.05, 0.1) is 36.6 Å². The molecule has 0 aromatic heterocycles. The fourth-order valence-corrected chi connectivity index (χ4v) is 1.93. The molecule has 0 heterocycles. The Morgan fingerprint density at radius 3 is 2.67 bits per heavy atom. The van der Waals surface area contributed by atoms with Gasteiger partial charge in [-0.1, -0.05) is 18.2 Å². The Labute approximate surface area is 141 Å². The largest absolute Gasteiger partial charge is 0.392 e. The molecule has 0 atom stereocenters. The third-order valence-electron chi connectivity index (χ3n) is 3.17. The minimum atomic E-state index is -0.0504. The van der Waals surface area contributed by atoms with Gasteiger partial charge >= 0.3 is 0 Å². The number of hydrogen-bond donors (Lipinski definition) is 3. The molecule has 0 fully saturated rings. The van der Waals surface area contributed by atoms with Gasteiger partial charge in [-0.2, -0.15) is 0 Å². The summed E-state index contributed by atoms with van der Waals surface area (Å²) in [5, 5.41) is 18.5. The van der Waals surface area contributed by atoms with Crippen molar-refractivity contribution in [3.63, 3.8) is 0 Å². The maximum atomic E-state index is 11.0. The van der Waals surface area contributed by atoms with Gasteiger partial charge in [-0.25, -0.2) is 0 Å². The lowest BCUT2D eigenvalue weighted by Gasteiger charge is -2.13. The van der Waals surface area contributed by atoms with Gasteiger partial charge in [0.15, 0.2) is 0 Å². The van der Waals surface area contributed by atoms with Crippen LogP contribution in [0.2, 0.25) is 0 Å². The fourth-order valence-electron chi connectivity index (χ4n) is 1.93. The smallest absolute Gasteiger partial charge is 0.130 e. The first kappa shape index (κ1) is 19.2. The monoisotopic (exact) mass is 329 g/mol. The molecular weight excluding hydrogens is 306 g/mol. The number of aliphatic hydroxyl groups is 1. The molecule has 0 saturated heterocycles. The molecule has 0 amide bonds. The number of hydrogen-bond acceptors (Lipinski definition) is 6. The highest BCUT2D eigenvalue weighted by molar-refractivity contribution is 6.03. The lowest BCUT2D eigenvalue weighted by Crippen LogP contribution is -2.16. The number of nitroso groups, excluding NO2 is 1. The Balaban J connectivity index is 2.97. The van der Waals surface area contributed by atoms with E-state index in [0.717, 1.165) is 16.9 Å². The Morgan fingerprint density at radius 2 is 2.08 bits per heavy atom. The van der Waals surface area contributed by atoms with E-state index in [9.17, 15) is 10.0 Å². The number of benzene rings is 1. The molecule has 1 aromatic carbocycles. The first-order valence-corrected chi connectivity index (χ1v) is 7.47. The van der Waals surface area contributed by atoms with Gasteiger partial charge in [0.25, 0.3) is 0 Å². The van der Waals surface area contributed by atoms with Crippen LogP contribution < -0.4 is 10.6 Å². The van der Waals surface area contributed by atoms with Gasteiger partial charge in [-0.3, -0.25) is 9.98 Å². The summed E-state index contributed by atoms with van der Waals surface area (Å²) >= 11 is 0. The zero-order chi connectivity index (χ0) is 17.8. The second-order valence-corrected chi connectivity index (χ2v) is 4.76. The molecule has 1 rings (SSSR count). The molecular formula is C17H23N5O2. The van der Waals surface area contributed by atoms with E-state index in [2.05, 4.69) is 25.8 Å². The number of rotatable bonds is 9. The van der Waals surface area contributed by atoms with Crippen molar-refractivity contribution in [3.05, 3.63) is 52.6 Å². The molecule has 7 nitrogen and oxygen atoms in total. The number of nitrogens with zero attached hydrogens (tertiary/aromatic N) is 3. The van der Waals surface area contributed by atoms with Gasteiger partial charge in [-0.05, 0) is 35.9 Å². The second-order valence-electron chi connectivity index (χ2n) is 4.76. The van der Waals surface area contributed by atoms with Crippen LogP contribution in [0.15, 0.2) is 57.3 Å². The van der Waals surface area contributed by atoms with Crippen LogP contribution >= 0.6 is 0 Å². The van der Waals surface area contributed by atoms with Crippen LogP contribution in [-0.4, -0.2) is 37.8 Å². The summed E-state index contributed by atoms with van der Waals surface area (Å²) in [7, 11) is 3.27. The van der Waals surface area contributed by atoms with E-state index in [4.69, 9.17) is 0 Å². The average molecular weight is 329 g/mol. The molecule has 0 aliphatic heterocycles. The number of aliphatic hydroxyl groups excluding tert-OH is 1. The van der Waals surface area contributed by atoms with Crippen molar-refractivity contribution in [1.29, 1.82) is 0 Å². The van der Waals surface area contributed by atoms with Crippen molar-refractivity contribution in [1.82, 2.24) is 0 Å². The lowest BCUT2D eigenvalue weighted by atomic mass is 10.1. The van der Waals surface area contributed by atoms with Crippen LogP contribution in [0.5, 0.6) is 0 Å². The highest BCUT2D eigenvalue weighted by Gasteiger charge is 2.09. The van der Waals surface area contributed by atoms with Crippen LogP contribution in [0, 0.1) is 4.91 Å². The minimum Gasteiger partial charge on any atom is -0.392 e. The van der Waals surface area contributed by atoms with Crippen molar-refractivity contribution in [2.24, 2.45) is 15.2 Å². The summed E-state index contributed by atoms with van der Waals surface area (Å²) in [4.78, 5) is 19.0. The topological polar surface area (TPSA) is 98.4 Å². The molecule has 0 aliphatic carbocycles. The van der Waals surface area contributed by atoms with E-state index >= 15 is 0 Å². The minimum absolute atomic E-state index is 0.0504. The van der Waals surface area contributed by atoms with Crippen molar-refractivity contribution >= 4 is 23.4 Å². The first-order valence-electron chi connectivity index (χ1n) is 7.47. The van der Waals surface area contributed by atoms with Crippen LogP contribution in [0.1, 0.15) is 12.5 Å². The Morgan fingerprint density at radius 1 is 1.29 bits per heavy atom. The van der Waals surface area contributed by atoms with Crippen LogP contribution in [0.4, 0.5) is 11.4 Å². The van der Waals surface area contributed by atoms with Crippen molar-refractivity contribution in [2.75, 3.05) is 31.3 Å². The molecule has 0 unspecified atom stereocenters. The third kappa shape index (κ3) is 5.77. The summed E-state index contributed by atoms with van der Waals surface area (Å²) < 4.78 is 0. The summed E-state index contributed by atoms with van der Waals surface area (Å²) in [6.07, 6.45) is 6.73. The summed E-state index contributed by atoms with van der Waals surface area (Å²) in [5.41, 5.74) is 3.16. The molecule has 7 heteroatoms. The quantitative estimate of drug-likeness (QED) is 0.281. The fraction of sp³-hybridized carbons (Fsp3) is 0.294. The zero-order valence-corrected chi connectivity index (χ0v) is 14.2. The summed E-state index contributed by atoms with van der Waals surface area (Å²) in [6, 6.07) is 5.48. The predicted octanol–water partition coefficient (Wildman–Crippen LogP) is 2.96. The predicted molar refractivity (Wildman–Crippen MR) is 101 cm³/mol. The first-order chi connectivity index (χ1) is 11.7. The SMILES string of the molecule is C/C=C/C=C(/N=O)C(CNc1ccc(CO)cc1NC=NC)=NC. The van der Waals surface area contributed by atoms with Crippen molar-refractivity contribution in [3.8, 4) is 0 Å². The Kier molecular flexibility index (Phi) is 8.70. The van der Waals surface area contributed by atoms with E-state index < -0.39 is 0 Å². The normalized spacial score (nSPS) is 12.8. The molecule has 24 heavy (non-hydrogen) atoms. The van der Waals surface area contributed by atoms with E-state index in [1.807, 2.05) is 31.2 Å². The second kappa shape index (κ2) is 10.8. The third-order valence-corrected chi connectivity index (χ3v) is 3.17. The molecule has 0 aliphatic rings. The number of allylic oxidation sites excluding steroid dienone is 3. The number of nitrogens with one attached hydrogen (secondary N) is 2. The summed E-state index contributed by atoms with van der Waals surface area (Å²) in [5.74, 6) is 0. The van der Waals surface area contributed by atoms with Crippen LogP contribution in [0.3, 0.4) is 0 Å². The summed E-state index contributed by atoms with van der Waals surface area (Å²) in [6.45, 7) is 2.14. The van der Waals surface area contributed by atoms with Gasteiger partial charge in [-0.15, -0.1) is 4.91 Å². The standard InChI is InChI=1S/C17H23N5O2/c1-4-5-6-15(22-24)17(19-3)10-20-14-8-7-13(11-23)9-16(14)21-12-18-2/h4-9,12,20,23H,10-11H2,1-3H3,(H,18,21)/b5-4+,15-6+,19-17?. The van der Waals surface area contributed by atoms with Crippen molar-refractivity contribution in [2.45, 2.75) is 13.5 Å². The van der Waals surface area contributed by atoms with Crippen LogP contribution in [-0.2, 0) is 6.61 Å². The van der Waals surface area contributed by atoms with Gasteiger partial charge < -0.3 is 15.7 Å². The van der Waals surface area contributed by atoms with Gasteiger partial charge in [0.2, 0.25) is 0 Å². The van der Waals surface area contributed by atoms with Gasteiger partial charge in [0, 0.05) is 14.1 Å². The maximum Gasteiger partial charge on any atom is 0.130 e. The van der Waals surface area contributed by atoms with E-state index in [1.165, 1.54) is 0 Å². The van der Waals surface area contributed by atoms with Gasteiger partial charge in [0.1, 0.15) is 5.70 Å². The number of anilines is 2. The molecule has 1 aromatic rings. The highest BCUT2D eigenvalue weighted by Crippen LogP contribution is 2.23. The molecule has 0 radical (unpaired) electrons. The Bertz CT molecular complexity index is 663. The number of aliphatic imine (C=N–C) groups is 2. The molecule has 0 bridgehead atoms. The molecule has 0 spiro atoms. The molecule has 0 saturated carbocycles. The van der Waals surface area contributed by atoms with Crippen molar-refractivity contribution < 1.29 is 5.11 Å². The lowest BCUT2D eigenvalue weighted by molar-refractivity contribution is 0.282. The maximum absolute atomic E-state index is 11.0. The van der Waals surface area contributed by atoms with E-state index in [-0.39, 0.29) is 12.3 Å². The van der Waals surface area contributed by atoms with E-state index in [0.29, 0.717) is 12.3 Å². The average Bonchev–Trinajstić information content (AvgIpc) is 2.63. The molecule has 128 valence electrons. The zero-order valence-electron chi connectivity index (χ0n) is 14.2. The Hall–Kier alpha value is -2.80. The molecule has 3 N–H and O–H groups in total. The van der Waals surface area contributed by atoms with E-state index in [1.54, 1.807) is 32.6 Å². The highest BCUT2D eigenvalue weighted by atomic mass is 16.3. The van der Waals surface area contributed by atoms with Crippen LogP contribution in [0.25, 0.3) is 0 Å².